The Kier molecular flexibility index (Phi) is 6.67. The number of carboxylic acids is 2. The molecule has 0 aromatic heterocycles. The molecule has 2 unspecified atom stereocenters. The smallest absolute Gasteiger partial charge is 0.417 e. The highest BCUT2D eigenvalue weighted by Crippen LogP contribution is 2.54. The molecule has 0 heterocycles. The average Bonchev–Trinajstić information content (AvgIpc) is 2.72. The summed E-state index contributed by atoms with van der Waals surface area (Å²) < 4.78 is 81.7. The number of carboxylic acid groups (broad SMARTS) is 2. The second-order valence-electron chi connectivity index (χ2n) is 8.95. The number of hydrogen-bond donors (Lipinski definition) is 2. The van der Waals surface area contributed by atoms with Gasteiger partial charge >= 0.3 is 24.3 Å². The standard InChI is InChI=1S/C24H24F6O4/c1-12-17(16-10-15(23(25,26)27)8-9-18(16)24(28,29)30)11-22(21(33)34,13(2)19(12)20(31)32)14-6-4-3-5-7-14/h8-11,13-14H,3-7H2,1-2H3,(H,31,32)(H,33,34). The van der Waals surface area contributed by atoms with E-state index in [-0.39, 0.29) is 5.57 Å². The van der Waals surface area contributed by atoms with Crippen LogP contribution in [-0.4, -0.2) is 22.2 Å². The van der Waals surface area contributed by atoms with Crippen LogP contribution in [0.3, 0.4) is 0 Å². The van der Waals surface area contributed by atoms with Gasteiger partial charge in [-0.15, -0.1) is 0 Å². The highest BCUT2D eigenvalue weighted by Gasteiger charge is 2.54. The molecule has 1 saturated carbocycles. The van der Waals surface area contributed by atoms with Crippen LogP contribution in [0.2, 0.25) is 0 Å². The minimum Gasteiger partial charge on any atom is -0.481 e. The third kappa shape index (κ3) is 4.34. The summed E-state index contributed by atoms with van der Waals surface area (Å²) in [5, 5.41) is 20.2. The molecular weight excluding hydrogens is 466 g/mol. The van der Waals surface area contributed by atoms with E-state index in [0.29, 0.717) is 43.9 Å². The van der Waals surface area contributed by atoms with Gasteiger partial charge in [-0.2, -0.15) is 26.3 Å². The molecule has 2 N–H and O–H groups in total. The van der Waals surface area contributed by atoms with Crippen LogP contribution in [-0.2, 0) is 21.9 Å². The van der Waals surface area contributed by atoms with Gasteiger partial charge in [-0.05, 0) is 60.6 Å². The Balaban J connectivity index is 2.41. The Labute approximate surface area is 192 Å². The van der Waals surface area contributed by atoms with Gasteiger partial charge < -0.3 is 10.2 Å². The zero-order valence-electron chi connectivity index (χ0n) is 18.5. The fourth-order valence-corrected chi connectivity index (χ4v) is 5.47. The van der Waals surface area contributed by atoms with Crippen LogP contribution < -0.4 is 0 Å². The molecule has 186 valence electrons. The van der Waals surface area contributed by atoms with Crippen LogP contribution in [0.5, 0.6) is 0 Å². The van der Waals surface area contributed by atoms with E-state index in [1.54, 1.807) is 0 Å². The number of allylic oxidation sites excluding steroid dienone is 2. The lowest BCUT2D eigenvalue weighted by atomic mass is 9.57. The SMILES string of the molecule is CC1=C(C(=O)O)C(C)C(C(=O)O)(C2CCCCC2)C=C1c1cc(C(F)(F)F)ccc1C(F)(F)F. The molecule has 0 spiro atoms. The topological polar surface area (TPSA) is 74.6 Å². The first-order valence-corrected chi connectivity index (χ1v) is 10.8. The van der Waals surface area contributed by atoms with Crippen molar-refractivity contribution in [3.8, 4) is 0 Å². The van der Waals surface area contributed by atoms with Crippen molar-refractivity contribution in [2.45, 2.75) is 58.3 Å². The first-order valence-electron chi connectivity index (χ1n) is 10.8. The number of carbonyl (C=O) groups is 2. The van der Waals surface area contributed by atoms with Crippen LogP contribution in [0, 0.1) is 17.3 Å². The molecule has 3 rings (SSSR count). The summed E-state index contributed by atoms with van der Waals surface area (Å²) in [5.41, 5.74) is -6.53. The van der Waals surface area contributed by atoms with Gasteiger partial charge in [0, 0.05) is 11.5 Å². The van der Waals surface area contributed by atoms with Gasteiger partial charge in [-0.1, -0.05) is 32.3 Å². The first-order chi connectivity index (χ1) is 15.6. The zero-order valence-corrected chi connectivity index (χ0v) is 18.5. The van der Waals surface area contributed by atoms with Gasteiger partial charge in [0.05, 0.1) is 16.5 Å². The molecule has 1 fully saturated rings. The Morgan fingerprint density at radius 3 is 2.03 bits per heavy atom. The number of alkyl halides is 6. The zero-order chi connectivity index (χ0) is 25.6. The fraction of sp³-hybridized carbons (Fsp3) is 0.500. The summed E-state index contributed by atoms with van der Waals surface area (Å²) in [6.07, 6.45) is -5.92. The van der Waals surface area contributed by atoms with Crippen molar-refractivity contribution in [2.24, 2.45) is 17.3 Å². The molecule has 0 saturated heterocycles. The lowest BCUT2D eigenvalue weighted by Gasteiger charge is -2.45. The summed E-state index contributed by atoms with van der Waals surface area (Å²) in [6.45, 7) is 2.61. The van der Waals surface area contributed by atoms with Crippen molar-refractivity contribution in [3.05, 3.63) is 52.1 Å². The molecule has 10 heteroatoms. The van der Waals surface area contributed by atoms with Crippen LogP contribution in [0.4, 0.5) is 26.3 Å². The number of halogens is 6. The van der Waals surface area contributed by atoms with Gasteiger partial charge in [-0.25, -0.2) is 4.79 Å². The molecule has 0 amide bonds. The number of hydrogen-bond acceptors (Lipinski definition) is 2. The van der Waals surface area contributed by atoms with Gasteiger partial charge in [0.2, 0.25) is 0 Å². The van der Waals surface area contributed by atoms with Crippen molar-refractivity contribution in [3.63, 3.8) is 0 Å². The number of rotatable bonds is 4. The van der Waals surface area contributed by atoms with Crippen LogP contribution in [0.25, 0.3) is 5.57 Å². The van der Waals surface area contributed by atoms with E-state index in [0.717, 1.165) is 12.5 Å². The second kappa shape index (κ2) is 8.78. The summed E-state index contributed by atoms with van der Waals surface area (Å²) in [6, 6.07) is 0.927. The first kappa shape index (κ1) is 25.8. The molecule has 0 radical (unpaired) electrons. The Morgan fingerprint density at radius 1 is 0.971 bits per heavy atom. The molecule has 2 aliphatic carbocycles. The average molecular weight is 490 g/mol. The summed E-state index contributed by atoms with van der Waals surface area (Å²) in [7, 11) is 0. The second-order valence-corrected chi connectivity index (χ2v) is 8.95. The molecule has 1 aromatic rings. The van der Waals surface area contributed by atoms with Crippen molar-refractivity contribution in [1.29, 1.82) is 0 Å². The van der Waals surface area contributed by atoms with E-state index in [1.165, 1.54) is 13.8 Å². The van der Waals surface area contributed by atoms with Gasteiger partial charge in [0.15, 0.2) is 0 Å². The predicted octanol–water partition coefficient (Wildman–Crippen LogP) is 6.81. The van der Waals surface area contributed by atoms with Crippen LogP contribution >= 0.6 is 0 Å². The molecule has 1 aromatic carbocycles. The third-order valence-electron chi connectivity index (χ3n) is 7.16. The Morgan fingerprint density at radius 2 is 1.56 bits per heavy atom. The van der Waals surface area contributed by atoms with Gasteiger partial charge in [0.1, 0.15) is 0 Å². The van der Waals surface area contributed by atoms with E-state index >= 15 is 0 Å². The van der Waals surface area contributed by atoms with Crippen molar-refractivity contribution in [2.75, 3.05) is 0 Å². The maximum absolute atomic E-state index is 13.8. The highest BCUT2D eigenvalue weighted by molar-refractivity contribution is 6.00. The molecule has 0 aliphatic heterocycles. The van der Waals surface area contributed by atoms with Gasteiger partial charge in [0.25, 0.3) is 0 Å². The minimum atomic E-state index is -5.05. The lowest BCUT2D eigenvalue weighted by molar-refractivity contribution is -0.153. The van der Waals surface area contributed by atoms with E-state index in [1.807, 2.05) is 0 Å². The maximum atomic E-state index is 13.8. The maximum Gasteiger partial charge on any atom is 0.417 e. The normalized spacial score (nSPS) is 24.7. The van der Waals surface area contributed by atoms with E-state index in [9.17, 15) is 46.1 Å². The van der Waals surface area contributed by atoms with Crippen molar-refractivity contribution in [1.82, 2.24) is 0 Å². The predicted molar refractivity (Wildman–Crippen MR) is 111 cm³/mol. The summed E-state index contributed by atoms with van der Waals surface area (Å²) in [5.74, 6) is -4.60. The summed E-state index contributed by atoms with van der Waals surface area (Å²) in [4.78, 5) is 24.9. The summed E-state index contributed by atoms with van der Waals surface area (Å²) >= 11 is 0. The van der Waals surface area contributed by atoms with Crippen LogP contribution in [0.15, 0.2) is 35.4 Å². The molecule has 2 aliphatic rings. The largest absolute Gasteiger partial charge is 0.481 e. The lowest BCUT2D eigenvalue weighted by Crippen LogP contribution is -2.47. The Hall–Kier alpha value is -2.78. The van der Waals surface area contributed by atoms with Gasteiger partial charge in [-0.3, -0.25) is 4.79 Å². The molecular formula is C24H24F6O4. The quantitative estimate of drug-likeness (QED) is 0.455. The van der Waals surface area contributed by atoms with Crippen LogP contribution in [0.1, 0.15) is 62.6 Å². The molecule has 0 bridgehead atoms. The van der Waals surface area contributed by atoms with E-state index in [4.69, 9.17) is 0 Å². The third-order valence-corrected chi connectivity index (χ3v) is 7.16. The van der Waals surface area contributed by atoms with Crippen molar-refractivity contribution >= 4 is 17.5 Å². The Bertz CT molecular complexity index is 1060. The fourth-order valence-electron chi connectivity index (χ4n) is 5.47. The minimum absolute atomic E-state index is 0.183. The van der Waals surface area contributed by atoms with E-state index in [2.05, 4.69) is 0 Å². The molecule has 34 heavy (non-hydrogen) atoms. The monoisotopic (exact) mass is 490 g/mol. The molecule has 4 nitrogen and oxygen atoms in total. The van der Waals surface area contributed by atoms with Crippen molar-refractivity contribution < 1.29 is 46.1 Å². The number of aliphatic carboxylic acids is 2. The number of benzene rings is 1. The molecule has 2 atom stereocenters. The van der Waals surface area contributed by atoms with E-state index < -0.39 is 69.4 Å². The highest BCUT2D eigenvalue weighted by atomic mass is 19.4.